The first-order valence-electron chi connectivity index (χ1n) is 3.42. The minimum atomic E-state index is -1.09. The van der Waals surface area contributed by atoms with Gasteiger partial charge in [0, 0.05) is 6.54 Å². The normalized spacial score (nSPS) is 32.5. The van der Waals surface area contributed by atoms with Crippen molar-refractivity contribution >= 4 is 11.9 Å². The molecular weight excluding hydrogens is 162 g/mol. The van der Waals surface area contributed by atoms with Crippen LogP contribution in [0.4, 0.5) is 0 Å². The molecular formula is C7H9NO4. The number of carbonyl (C=O) groups is 2. The molecule has 12 heavy (non-hydrogen) atoms. The van der Waals surface area contributed by atoms with Gasteiger partial charge in [-0.2, -0.15) is 0 Å². The third-order valence-electron chi connectivity index (χ3n) is 1.77. The average molecular weight is 171 g/mol. The van der Waals surface area contributed by atoms with Crippen LogP contribution in [0.5, 0.6) is 0 Å². The van der Waals surface area contributed by atoms with Crippen LogP contribution in [0, 0.1) is 0 Å². The summed E-state index contributed by atoms with van der Waals surface area (Å²) >= 11 is 0. The zero-order valence-electron chi connectivity index (χ0n) is 6.30. The van der Waals surface area contributed by atoms with E-state index >= 15 is 0 Å². The quantitative estimate of drug-likeness (QED) is 0.436. The molecule has 0 bridgehead atoms. The zero-order chi connectivity index (χ0) is 9.30. The molecule has 0 saturated carbocycles. The van der Waals surface area contributed by atoms with Gasteiger partial charge in [-0.05, 0) is 0 Å². The van der Waals surface area contributed by atoms with Crippen molar-refractivity contribution in [2.45, 2.75) is 12.1 Å². The van der Waals surface area contributed by atoms with Crippen LogP contribution in [0.1, 0.15) is 0 Å². The highest BCUT2D eigenvalue weighted by molar-refractivity contribution is 5.91. The third-order valence-corrected chi connectivity index (χ3v) is 1.77. The Labute approximate surface area is 68.9 Å². The van der Waals surface area contributed by atoms with Gasteiger partial charge in [-0.1, -0.05) is 6.08 Å². The Balaban J connectivity index is 2.60. The van der Waals surface area contributed by atoms with Gasteiger partial charge in [0.05, 0.1) is 0 Å². The topological polar surface area (TPSA) is 77.6 Å². The molecule has 0 aromatic heterocycles. The SMILES string of the molecule is C=CCN1[C@H](C(=O)O)[C@H]1C(=O)O. The molecule has 1 aliphatic rings. The summed E-state index contributed by atoms with van der Waals surface area (Å²) in [5.41, 5.74) is 0. The highest BCUT2D eigenvalue weighted by Gasteiger charge is 2.56. The smallest absolute Gasteiger partial charge is 0.323 e. The summed E-state index contributed by atoms with van der Waals surface area (Å²) in [4.78, 5) is 22.2. The van der Waals surface area contributed by atoms with Crippen LogP contribution in [0.25, 0.3) is 0 Å². The lowest BCUT2D eigenvalue weighted by Crippen LogP contribution is -2.14. The predicted molar refractivity (Wildman–Crippen MR) is 39.8 cm³/mol. The molecule has 0 aromatic rings. The Kier molecular flexibility index (Phi) is 2.14. The van der Waals surface area contributed by atoms with E-state index in [2.05, 4.69) is 6.58 Å². The van der Waals surface area contributed by atoms with E-state index in [0.717, 1.165) is 0 Å². The highest BCUT2D eigenvalue weighted by Crippen LogP contribution is 2.28. The molecule has 2 N–H and O–H groups in total. The fraction of sp³-hybridized carbons (Fsp3) is 0.429. The molecule has 1 fully saturated rings. The maximum absolute atomic E-state index is 10.4. The van der Waals surface area contributed by atoms with Crippen molar-refractivity contribution in [2.75, 3.05) is 6.54 Å². The maximum Gasteiger partial charge on any atom is 0.323 e. The summed E-state index contributed by atoms with van der Waals surface area (Å²) in [6.07, 6.45) is 1.48. The Morgan fingerprint density at radius 2 is 1.75 bits per heavy atom. The summed E-state index contributed by atoms with van der Waals surface area (Å²) < 4.78 is 0. The second-order valence-corrected chi connectivity index (χ2v) is 2.55. The number of aliphatic carboxylic acids is 2. The van der Waals surface area contributed by atoms with Gasteiger partial charge in [-0.3, -0.25) is 14.5 Å². The average Bonchev–Trinajstić information content (AvgIpc) is 2.63. The molecule has 0 aromatic carbocycles. The summed E-state index contributed by atoms with van der Waals surface area (Å²) in [6.45, 7) is 3.70. The molecule has 1 rings (SSSR count). The Bertz CT molecular complexity index is 218. The standard InChI is InChI=1S/C7H9NO4/c1-2-3-8-4(6(9)10)5(8)7(11)12/h2,4-5H,1,3H2,(H,9,10)(H,11,12)/t4-,5-/m0/s1. The van der Waals surface area contributed by atoms with Crippen LogP contribution < -0.4 is 0 Å². The van der Waals surface area contributed by atoms with Crippen LogP contribution in [-0.2, 0) is 9.59 Å². The van der Waals surface area contributed by atoms with Crippen LogP contribution in [0.15, 0.2) is 12.7 Å². The van der Waals surface area contributed by atoms with Gasteiger partial charge in [0.25, 0.3) is 0 Å². The predicted octanol–water partition coefficient (Wildman–Crippen LogP) is -0.606. The Morgan fingerprint density at radius 3 is 2.00 bits per heavy atom. The van der Waals surface area contributed by atoms with E-state index in [0.29, 0.717) is 6.54 Å². The monoisotopic (exact) mass is 171 g/mol. The van der Waals surface area contributed by atoms with Crippen LogP contribution in [0.2, 0.25) is 0 Å². The number of hydrogen-bond donors (Lipinski definition) is 2. The lowest BCUT2D eigenvalue weighted by molar-refractivity contribution is -0.140. The van der Waals surface area contributed by atoms with Gasteiger partial charge in [0.2, 0.25) is 0 Å². The molecule has 1 saturated heterocycles. The van der Waals surface area contributed by atoms with Crippen molar-refractivity contribution in [1.29, 1.82) is 0 Å². The van der Waals surface area contributed by atoms with E-state index in [4.69, 9.17) is 10.2 Å². The maximum atomic E-state index is 10.4. The molecule has 1 heterocycles. The van der Waals surface area contributed by atoms with Gasteiger partial charge < -0.3 is 10.2 Å². The van der Waals surface area contributed by atoms with Crippen molar-refractivity contribution in [1.82, 2.24) is 4.90 Å². The molecule has 1 aliphatic heterocycles. The van der Waals surface area contributed by atoms with E-state index in [1.54, 1.807) is 0 Å². The van der Waals surface area contributed by atoms with E-state index in [9.17, 15) is 9.59 Å². The molecule has 0 radical (unpaired) electrons. The summed E-state index contributed by atoms with van der Waals surface area (Å²) in [7, 11) is 0. The van der Waals surface area contributed by atoms with Gasteiger partial charge in [-0.25, -0.2) is 0 Å². The number of nitrogens with zero attached hydrogens (tertiary/aromatic N) is 1. The fourth-order valence-electron chi connectivity index (χ4n) is 1.21. The Hall–Kier alpha value is -1.36. The van der Waals surface area contributed by atoms with Gasteiger partial charge in [-0.15, -0.1) is 6.58 Å². The first kappa shape index (κ1) is 8.73. The van der Waals surface area contributed by atoms with E-state index < -0.39 is 24.0 Å². The molecule has 2 atom stereocenters. The van der Waals surface area contributed by atoms with Gasteiger partial charge in [0.15, 0.2) is 0 Å². The largest absolute Gasteiger partial charge is 0.480 e. The minimum Gasteiger partial charge on any atom is -0.480 e. The zero-order valence-corrected chi connectivity index (χ0v) is 6.30. The van der Waals surface area contributed by atoms with Crippen molar-refractivity contribution in [3.8, 4) is 0 Å². The van der Waals surface area contributed by atoms with Crippen LogP contribution in [0.3, 0.4) is 0 Å². The molecule has 0 amide bonds. The molecule has 66 valence electrons. The molecule has 0 aliphatic carbocycles. The number of hydrogen-bond acceptors (Lipinski definition) is 3. The van der Waals surface area contributed by atoms with Gasteiger partial charge in [0.1, 0.15) is 12.1 Å². The first-order valence-corrected chi connectivity index (χ1v) is 3.42. The van der Waals surface area contributed by atoms with Crippen LogP contribution >= 0.6 is 0 Å². The lowest BCUT2D eigenvalue weighted by atomic mass is 10.3. The number of carboxylic acids is 2. The molecule has 5 nitrogen and oxygen atoms in total. The highest BCUT2D eigenvalue weighted by atomic mass is 16.4. The molecule has 0 unspecified atom stereocenters. The van der Waals surface area contributed by atoms with Crippen molar-refractivity contribution in [3.63, 3.8) is 0 Å². The van der Waals surface area contributed by atoms with E-state index in [1.807, 2.05) is 0 Å². The van der Waals surface area contributed by atoms with Crippen LogP contribution in [-0.4, -0.2) is 45.7 Å². The van der Waals surface area contributed by atoms with Gasteiger partial charge >= 0.3 is 11.9 Å². The number of carboxylic acid groups (broad SMARTS) is 2. The first-order chi connectivity index (χ1) is 5.59. The second-order valence-electron chi connectivity index (χ2n) is 2.55. The molecule has 5 heteroatoms. The summed E-state index contributed by atoms with van der Waals surface area (Å²) in [5.74, 6) is -2.19. The Morgan fingerprint density at radius 1 is 1.33 bits per heavy atom. The van der Waals surface area contributed by atoms with Crippen molar-refractivity contribution in [3.05, 3.63) is 12.7 Å². The van der Waals surface area contributed by atoms with E-state index in [-0.39, 0.29) is 0 Å². The second kappa shape index (κ2) is 2.94. The van der Waals surface area contributed by atoms with Crippen molar-refractivity contribution < 1.29 is 19.8 Å². The van der Waals surface area contributed by atoms with Crippen molar-refractivity contribution in [2.24, 2.45) is 0 Å². The summed E-state index contributed by atoms with van der Waals surface area (Å²) in [5, 5.41) is 17.1. The number of rotatable bonds is 4. The lowest BCUT2D eigenvalue weighted by Gasteiger charge is -1.92. The summed E-state index contributed by atoms with van der Waals surface area (Å²) in [6, 6.07) is -1.75. The fourth-order valence-corrected chi connectivity index (χ4v) is 1.21. The molecule has 0 spiro atoms. The minimum absolute atomic E-state index is 0.300. The van der Waals surface area contributed by atoms with E-state index in [1.165, 1.54) is 11.0 Å². The third kappa shape index (κ3) is 1.31.